The van der Waals surface area contributed by atoms with E-state index >= 15 is 0 Å². The number of nitrogens with one attached hydrogen (secondary N) is 2. The summed E-state index contributed by atoms with van der Waals surface area (Å²) in [5.74, 6) is -0.0298. The topological polar surface area (TPSA) is 97.0 Å². The van der Waals surface area contributed by atoms with E-state index in [1.54, 1.807) is 18.2 Å². The zero-order chi connectivity index (χ0) is 20.3. The molecule has 160 valence electrons. The predicted octanol–water partition coefficient (Wildman–Crippen LogP) is 2.04. The Morgan fingerprint density at radius 2 is 1.86 bits per heavy atom. The van der Waals surface area contributed by atoms with Crippen LogP contribution < -0.4 is 10.6 Å². The molecule has 2 N–H and O–H groups in total. The van der Waals surface area contributed by atoms with Gasteiger partial charge in [-0.1, -0.05) is 6.42 Å². The van der Waals surface area contributed by atoms with E-state index < -0.39 is 10.0 Å². The van der Waals surface area contributed by atoms with Gasteiger partial charge in [0.2, 0.25) is 15.9 Å². The first-order valence-electron chi connectivity index (χ1n) is 10.4. The summed E-state index contributed by atoms with van der Waals surface area (Å²) < 4.78 is 38.4. The van der Waals surface area contributed by atoms with Crippen LogP contribution in [-0.2, 0) is 24.3 Å². The van der Waals surface area contributed by atoms with E-state index in [9.17, 15) is 13.2 Å². The van der Waals surface area contributed by atoms with E-state index in [1.165, 1.54) is 4.31 Å². The molecule has 0 spiro atoms. The van der Waals surface area contributed by atoms with Crippen LogP contribution >= 0.6 is 0 Å². The van der Waals surface area contributed by atoms with Crippen molar-refractivity contribution in [2.24, 2.45) is 5.92 Å². The highest BCUT2D eigenvalue weighted by atomic mass is 32.2. The number of anilines is 2. The van der Waals surface area contributed by atoms with Gasteiger partial charge in [-0.2, -0.15) is 4.31 Å². The molecule has 1 aromatic rings. The van der Waals surface area contributed by atoms with Gasteiger partial charge in [0.1, 0.15) is 0 Å². The first-order valence-corrected chi connectivity index (χ1v) is 11.9. The molecule has 1 unspecified atom stereocenters. The minimum Gasteiger partial charge on any atom is -0.381 e. The number of carbonyl (C=O) groups excluding carboxylic acids is 1. The average molecular weight is 424 g/mol. The van der Waals surface area contributed by atoms with Crippen molar-refractivity contribution in [2.45, 2.75) is 43.1 Å². The Kier molecular flexibility index (Phi) is 6.38. The molecule has 0 aromatic heterocycles. The Balaban J connectivity index is 1.55. The molecule has 2 saturated heterocycles. The predicted molar refractivity (Wildman–Crippen MR) is 109 cm³/mol. The lowest BCUT2D eigenvalue weighted by atomic mass is 9.85. The van der Waals surface area contributed by atoms with Gasteiger partial charge in [-0.25, -0.2) is 8.42 Å². The second-order valence-corrected chi connectivity index (χ2v) is 9.79. The fraction of sp³-hybridized carbons (Fsp3) is 0.650. The number of benzene rings is 1. The minimum atomic E-state index is -3.63. The first-order chi connectivity index (χ1) is 14.0. The summed E-state index contributed by atoms with van der Waals surface area (Å²) >= 11 is 0. The maximum atomic E-state index is 13.0. The summed E-state index contributed by atoms with van der Waals surface area (Å²) in [4.78, 5) is 12.7. The highest BCUT2D eigenvalue weighted by molar-refractivity contribution is 7.89. The molecule has 1 amide bonds. The maximum absolute atomic E-state index is 13.0. The molecule has 29 heavy (non-hydrogen) atoms. The van der Waals surface area contributed by atoms with Crippen molar-refractivity contribution in [1.82, 2.24) is 4.31 Å². The molecule has 0 radical (unpaired) electrons. The van der Waals surface area contributed by atoms with Crippen LogP contribution in [0.15, 0.2) is 23.1 Å². The van der Waals surface area contributed by atoms with Crippen LogP contribution in [-0.4, -0.2) is 64.2 Å². The average Bonchev–Trinajstić information content (AvgIpc) is 3.20. The molecule has 3 fully saturated rings. The van der Waals surface area contributed by atoms with E-state index in [0.717, 1.165) is 38.7 Å². The Bertz CT molecular complexity index is 829. The van der Waals surface area contributed by atoms with Crippen molar-refractivity contribution in [3.8, 4) is 0 Å². The summed E-state index contributed by atoms with van der Waals surface area (Å²) in [5, 5.41) is 6.28. The second kappa shape index (κ2) is 8.99. The van der Waals surface area contributed by atoms with Crippen LogP contribution in [0.5, 0.6) is 0 Å². The Morgan fingerprint density at radius 1 is 1.07 bits per heavy atom. The third-order valence-corrected chi connectivity index (χ3v) is 7.77. The summed E-state index contributed by atoms with van der Waals surface area (Å²) in [7, 11) is -3.63. The fourth-order valence-electron chi connectivity index (χ4n) is 3.81. The van der Waals surface area contributed by atoms with Gasteiger partial charge in [0.05, 0.1) is 35.6 Å². The van der Waals surface area contributed by atoms with Gasteiger partial charge in [0, 0.05) is 32.2 Å². The quantitative estimate of drug-likeness (QED) is 0.697. The smallest absolute Gasteiger partial charge is 0.243 e. The lowest BCUT2D eigenvalue weighted by Crippen LogP contribution is -2.40. The molecular weight excluding hydrogens is 394 g/mol. The lowest BCUT2D eigenvalue weighted by molar-refractivity contribution is -0.122. The zero-order valence-corrected chi connectivity index (χ0v) is 17.4. The molecule has 1 saturated carbocycles. The van der Waals surface area contributed by atoms with Crippen LogP contribution in [0, 0.1) is 5.92 Å². The SMILES string of the molecule is O=C(Nc1cc(S(=O)(=O)N2CCOCC2)ccc1NCC1CCCO1)C1CCC1. The number of sulfonamides is 1. The van der Waals surface area contributed by atoms with Gasteiger partial charge in [-0.3, -0.25) is 4.79 Å². The van der Waals surface area contributed by atoms with Crippen molar-refractivity contribution < 1.29 is 22.7 Å². The molecule has 1 aromatic carbocycles. The van der Waals surface area contributed by atoms with Crippen molar-refractivity contribution >= 4 is 27.3 Å². The number of rotatable bonds is 7. The number of morpholine rings is 1. The van der Waals surface area contributed by atoms with Crippen LogP contribution in [0.2, 0.25) is 0 Å². The monoisotopic (exact) mass is 423 g/mol. The highest BCUT2D eigenvalue weighted by Crippen LogP contribution is 2.32. The van der Waals surface area contributed by atoms with E-state index in [1.807, 2.05) is 0 Å². The highest BCUT2D eigenvalue weighted by Gasteiger charge is 2.29. The zero-order valence-electron chi connectivity index (χ0n) is 16.6. The number of ether oxygens (including phenoxy) is 2. The van der Waals surface area contributed by atoms with Gasteiger partial charge < -0.3 is 20.1 Å². The molecule has 2 aliphatic heterocycles. The number of hydrogen-bond donors (Lipinski definition) is 2. The van der Waals surface area contributed by atoms with Gasteiger partial charge >= 0.3 is 0 Å². The van der Waals surface area contributed by atoms with Crippen LogP contribution in [0.1, 0.15) is 32.1 Å². The number of amides is 1. The number of nitrogens with zero attached hydrogens (tertiary/aromatic N) is 1. The van der Waals surface area contributed by atoms with Gasteiger partial charge in [0.25, 0.3) is 0 Å². The maximum Gasteiger partial charge on any atom is 0.243 e. The van der Waals surface area contributed by atoms with Gasteiger partial charge in [-0.15, -0.1) is 0 Å². The minimum absolute atomic E-state index is 0.0144. The Morgan fingerprint density at radius 3 is 2.52 bits per heavy atom. The number of hydrogen-bond acceptors (Lipinski definition) is 6. The first kappa shape index (κ1) is 20.6. The molecule has 0 bridgehead atoms. The van der Waals surface area contributed by atoms with Crippen molar-refractivity contribution in [1.29, 1.82) is 0 Å². The Hall–Kier alpha value is -1.68. The summed E-state index contributed by atoms with van der Waals surface area (Å²) in [6, 6.07) is 4.90. The van der Waals surface area contributed by atoms with E-state index in [2.05, 4.69) is 10.6 Å². The second-order valence-electron chi connectivity index (χ2n) is 7.86. The van der Waals surface area contributed by atoms with Crippen LogP contribution in [0.3, 0.4) is 0 Å². The van der Waals surface area contributed by atoms with Crippen molar-refractivity contribution in [2.75, 3.05) is 50.1 Å². The molecule has 9 heteroatoms. The third-order valence-electron chi connectivity index (χ3n) is 5.88. The molecule has 2 heterocycles. The van der Waals surface area contributed by atoms with Gasteiger partial charge in [0.15, 0.2) is 0 Å². The molecular formula is C20H29N3O5S. The van der Waals surface area contributed by atoms with E-state index in [-0.39, 0.29) is 22.8 Å². The summed E-state index contributed by atoms with van der Waals surface area (Å²) in [5.41, 5.74) is 1.23. The van der Waals surface area contributed by atoms with Crippen LogP contribution in [0.4, 0.5) is 11.4 Å². The fourth-order valence-corrected chi connectivity index (χ4v) is 5.25. The lowest BCUT2D eigenvalue weighted by Gasteiger charge is -2.27. The molecule has 4 rings (SSSR count). The molecule has 1 aliphatic carbocycles. The van der Waals surface area contributed by atoms with E-state index in [0.29, 0.717) is 44.2 Å². The number of carbonyl (C=O) groups is 1. The Labute approximate surface area is 172 Å². The normalized spacial score (nSPS) is 23.5. The van der Waals surface area contributed by atoms with E-state index in [4.69, 9.17) is 9.47 Å². The summed E-state index contributed by atoms with van der Waals surface area (Å²) in [6.45, 7) is 2.86. The molecule has 1 atom stereocenters. The van der Waals surface area contributed by atoms with Gasteiger partial charge in [-0.05, 0) is 43.9 Å². The van der Waals surface area contributed by atoms with Crippen molar-refractivity contribution in [3.63, 3.8) is 0 Å². The third kappa shape index (κ3) is 4.74. The molecule has 3 aliphatic rings. The van der Waals surface area contributed by atoms with Crippen molar-refractivity contribution in [3.05, 3.63) is 18.2 Å². The standard InChI is InChI=1S/C20H29N3O5S/c24-20(15-3-1-4-15)22-19-13-17(29(25,26)23-8-11-27-12-9-23)6-7-18(19)21-14-16-5-2-10-28-16/h6-7,13,15-16,21H,1-5,8-12,14H2,(H,22,24). The summed E-state index contributed by atoms with van der Waals surface area (Å²) in [6.07, 6.45) is 5.02. The molecule has 8 nitrogen and oxygen atoms in total. The largest absolute Gasteiger partial charge is 0.381 e. The van der Waals surface area contributed by atoms with Crippen LogP contribution in [0.25, 0.3) is 0 Å².